The minimum Gasteiger partial charge on any atom is -0.334 e. The van der Waals surface area contributed by atoms with Crippen molar-refractivity contribution < 1.29 is 9.18 Å². The molecule has 2 atom stereocenters. The molecule has 1 N–H and O–H groups in total. The second kappa shape index (κ2) is 6.04. The Morgan fingerprint density at radius 1 is 1.32 bits per heavy atom. The third kappa shape index (κ3) is 3.69. The van der Waals surface area contributed by atoms with E-state index in [1.165, 1.54) is 6.07 Å². The molecule has 1 aliphatic rings. The molecule has 104 valence electrons. The van der Waals surface area contributed by atoms with Crippen LogP contribution < -0.4 is 5.32 Å². The number of carbonyl (C=O) groups excluding carboxylic acids is 1. The van der Waals surface area contributed by atoms with E-state index in [-0.39, 0.29) is 18.4 Å². The van der Waals surface area contributed by atoms with Gasteiger partial charge in [-0.2, -0.15) is 0 Å². The molecule has 1 saturated heterocycles. The van der Waals surface area contributed by atoms with Gasteiger partial charge in [0.05, 0.1) is 0 Å². The summed E-state index contributed by atoms with van der Waals surface area (Å²) >= 11 is 0. The molecule has 2 amide bonds. The van der Waals surface area contributed by atoms with E-state index in [9.17, 15) is 9.18 Å². The zero-order chi connectivity index (χ0) is 13.8. The highest BCUT2D eigenvalue weighted by Crippen LogP contribution is 2.20. The number of halogens is 1. The van der Waals surface area contributed by atoms with Gasteiger partial charge in [-0.05, 0) is 24.3 Å². The van der Waals surface area contributed by atoms with Crippen LogP contribution in [-0.4, -0.2) is 24.0 Å². The maximum absolute atomic E-state index is 13.4. The maximum Gasteiger partial charge on any atom is 0.317 e. The fraction of sp³-hybridized carbons (Fsp3) is 0.533. The summed E-state index contributed by atoms with van der Waals surface area (Å²) in [6, 6.07) is 6.43. The Morgan fingerprint density at radius 3 is 2.58 bits per heavy atom. The number of carbonyl (C=O) groups is 1. The van der Waals surface area contributed by atoms with E-state index in [0.29, 0.717) is 17.4 Å². The van der Waals surface area contributed by atoms with Gasteiger partial charge in [-0.1, -0.05) is 32.0 Å². The van der Waals surface area contributed by atoms with Crippen LogP contribution >= 0.6 is 0 Å². The van der Waals surface area contributed by atoms with Gasteiger partial charge in [0.2, 0.25) is 0 Å². The molecule has 1 heterocycles. The zero-order valence-electron chi connectivity index (χ0n) is 11.5. The molecule has 1 fully saturated rings. The molecule has 0 saturated carbocycles. The van der Waals surface area contributed by atoms with E-state index in [2.05, 4.69) is 19.2 Å². The molecule has 19 heavy (non-hydrogen) atoms. The second-order valence-corrected chi connectivity index (χ2v) is 5.60. The van der Waals surface area contributed by atoms with Crippen LogP contribution in [0.15, 0.2) is 24.3 Å². The summed E-state index contributed by atoms with van der Waals surface area (Å²) < 4.78 is 13.4. The molecule has 0 radical (unpaired) electrons. The number of amides is 2. The summed E-state index contributed by atoms with van der Waals surface area (Å²) in [6.07, 6.45) is 1.16. The van der Waals surface area contributed by atoms with Crippen LogP contribution in [0.2, 0.25) is 0 Å². The van der Waals surface area contributed by atoms with Crippen molar-refractivity contribution in [2.45, 2.75) is 26.8 Å². The standard InChI is InChI=1S/C15H21FN2O/c1-11-7-12(2)10-18(9-11)15(19)17-8-13-5-3-4-6-14(13)16/h3-6,11-12H,7-10H2,1-2H3,(H,17,19). The van der Waals surface area contributed by atoms with Crippen molar-refractivity contribution >= 4 is 6.03 Å². The van der Waals surface area contributed by atoms with E-state index in [1.807, 2.05) is 4.90 Å². The summed E-state index contributed by atoms with van der Waals surface area (Å²) in [7, 11) is 0. The van der Waals surface area contributed by atoms with Crippen LogP contribution in [0.1, 0.15) is 25.8 Å². The number of benzene rings is 1. The third-order valence-electron chi connectivity index (χ3n) is 3.54. The van der Waals surface area contributed by atoms with Crippen LogP contribution in [-0.2, 0) is 6.54 Å². The van der Waals surface area contributed by atoms with Crippen LogP contribution in [0, 0.1) is 17.7 Å². The second-order valence-electron chi connectivity index (χ2n) is 5.60. The highest BCUT2D eigenvalue weighted by Gasteiger charge is 2.25. The van der Waals surface area contributed by atoms with Crippen LogP contribution in [0.5, 0.6) is 0 Å². The summed E-state index contributed by atoms with van der Waals surface area (Å²) in [5.74, 6) is 0.786. The average Bonchev–Trinajstić information content (AvgIpc) is 2.36. The first-order valence-corrected chi connectivity index (χ1v) is 6.82. The summed E-state index contributed by atoms with van der Waals surface area (Å²) in [4.78, 5) is 13.9. The topological polar surface area (TPSA) is 32.3 Å². The van der Waals surface area contributed by atoms with E-state index in [1.54, 1.807) is 18.2 Å². The summed E-state index contributed by atoms with van der Waals surface area (Å²) in [6.45, 7) is 6.13. The lowest BCUT2D eigenvalue weighted by Gasteiger charge is -2.34. The quantitative estimate of drug-likeness (QED) is 0.875. The van der Waals surface area contributed by atoms with Gasteiger partial charge in [-0.25, -0.2) is 9.18 Å². The SMILES string of the molecule is CC1CC(C)CN(C(=O)NCc2ccccc2F)C1. The first-order valence-electron chi connectivity index (χ1n) is 6.82. The van der Waals surface area contributed by atoms with Gasteiger partial charge in [0.15, 0.2) is 0 Å². The summed E-state index contributed by atoms with van der Waals surface area (Å²) in [5.41, 5.74) is 0.522. The van der Waals surface area contributed by atoms with Crippen molar-refractivity contribution in [1.82, 2.24) is 10.2 Å². The van der Waals surface area contributed by atoms with E-state index >= 15 is 0 Å². The molecular weight excluding hydrogens is 243 g/mol. The first-order chi connectivity index (χ1) is 9.06. The van der Waals surface area contributed by atoms with Gasteiger partial charge in [0, 0.05) is 25.2 Å². The lowest BCUT2D eigenvalue weighted by atomic mass is 9.92. The molecule has 4 heteroatoms. The molecular formula is C15H21FN2O. The van der Waals surface area contributed by atoms with Gasteiger partial charge in [-0.3, -0.25) is 0 Å². The predicted molar refractivity (Wildman–Crippen MR) is 73.2 cm³/mol. The van der Waals surface area contributed by atoms with Gasteiger partial charge in [0.1, 0.15) is 5.82 Å². The van der Waals surface area contributed by atoms with Crippen molar-refractivity contribution in [3.8, 4) is 0 Å². The molecule has 0 bridgehead atoms. The Balaban J connectivity index is 1.89. The maximum atomic E-state index is 13.4. The van der Waals surface area contributed by atoms with Crippen LogP contribution in [0.4, 0.5) is 9.18 Å². The lowest BCUT2D eigenvalue weighted by molar-refractivity contribution is 0.146. The zero-order valence-corrected chi connectivity index (χ0v) is 11.5. The highest BCUT2D eigenvalue weighted by atomic mass is 19.1. The van der Waals surface area contributed by atoms with E-state index < -0.39 is 0 Å². The fourth-order valence-corrected chi connectivity index (χ4v) is 2.75. The number of likely N-dealkylation sites (tertiary alicyclic amines) is 1. The molecule has 0 aromatic heterocycles. The van der Waals surface area contributed by atoms with Crippen molar-refractivity contribution in [3.05, 3.63) is 35.6 Å². The lowest BCUT2D eigenvalue weighted by Crippen LogP contribution is -2.47. The van der Waals surface area contributed by atoms with Gasteiger partial charge < -0.3 is 10.2 Å². The molecule has 1 aromatic rings. The minimum atomic E-state index is -0.275. The molecule has 0 spiro atoms. The monoisotopic (exact) mass is 264 g/mol. The fourth-order valence-electron chi connectivity index (χ4n) is 2.75. The normalized spacial score (nSPS) is 23.2. The number of nitrogens with one attached hydrogen (secondary N) is 1. The van der Waals surface area contributed by atoms with Crippen molar-refractivity contribution in [2.24, 2.45) is 11.8 Å². The van der Waals surface area contributed by atoms with Crippen LogP contribution in [0.25, 0.3) is 0 Å². The molecule has 2 unspecified atom stereocenters. The Bertz CT molecular complexity index is 440. The Kier molecular flexibility index (Phi) is 4.40. The number of urea groups is 1. The molecule has 1 aliphatic heterocycles. The smallest absolute Gasteiger partial charge is 0.317 e. The van der Waals surface area contributed by atoms with E-state index in [0.717, 1.165) is 19.5 Å². The number of hydrogen-bond donors (Lipinski definition) is 1. The average molecular weight is 264 g/mol. The van der Waals surface area contributed by atoms with Crippen LogP contribution in [0.3, 0.4) is 0 Å². The molecule has 3 nitrogen and oxygen atoms in total. The first kappa shape index (κ1) is 13.8. The van der Waals surface area contributed by atoms with Crippen molar-refractivity contribution in [1.29, 1.82) is 0 Å². The number of nitrogens with zero attached hydrogens (tertiary/aromatic N) is 1. The number of rotatable bonds is 2. The molecule has 1 aromatic carbocycles. The van der Waals surface area contributed by atoms with Gasteiger partial charge in [-0.15, -0.1) is 0 Å². The number of piperidine rings is 1. The Morgan fingerprint density at radius 2 is 1.95 bits per heavy atom. The largest absolute Gasteiger partial charge is 0.334 e. The molecule has 0 aliphatic carbocycles. The van der Waals surface area contributed by atoms with Gasteiger partial charge >= 0.3 is 6.03 Å². The minimum absolute atomic E-state index is 0.0957. The van der Waals surface area contributed by atoms with Crippen molar-refractivity contribution in [2.75, 3.05) is 13.1 Å². The van der Waals surface area contributed by atoms with E-state index in [4.69, 9.17) is 0 Å². The van der Waals surface area contributed by atoms with Gasteiger partial charge in [0.25, 0.3) is 0 Å². The van der Waals surface area contributed by atoms with Crippen molar-refractivity contribution in [3.63, 3.8) is 0 Å². The predicted octanol–water partition coefficient (Wildman–Crippen LogP) is 3.01. The third-order valence-corrected chi connectivity index (χ3v) is 3.54. The highest BCUT2D eigenvalue weighted by molar-refractivity contribution is 5.74. The summed E-state index contributed by atoms with van der Waals surface area (Å²) in [5, 5.41) is 2.80. The molecule has 2 rings (SSSR count). The number of hydrogen-bond acceptors (Lipinski definition) is 1. The Labute approximate surface area is 113 Å². The Hall–Kier alpha value is -1.58.